The van der Waals surface area contributed by atoms with Gasteiger partial charge in [0.25, 0.3) is 0 Å². The zero-order valence-electron chi connectivity index (χ0n) is 10.8. The molecule has 0 bridgehead atoms. The Kier molecular flexibility index (Phi) is 3.48. The van der Waals surface area contributed by atoms with Crippen LogP contribution in [-0.4, -0.2) is 10.9 Å². The van der Waals surface area contributed by atoms with Gasteiger partial charge in [-0.1, -0.05) is 18.6 Å². The fourth-order valence-corrected chi connectivity index (χ4v) is 2.78. The van der Waals surface area contributed by atoms with Gasteiger partial charge < -0.3 is 5.32 Å². The highest BCUT2D eigenvalue weighted by molar-refractivity contribution is 7.14. The van der Waals surface area contributed by atoms with Gasteiger partial charge in [-0.25, -0.2) is 4.98 Å². The van der Waals surface area contributed by atoms with Crippen LogP contribution in [0.25, 0.3) is 11.3 Å². The number of thiazole rings is 1. The predicted molar refractivity (Wildman–Crippen MR) is 78.2 cm³/mol. The Bertz CT molecular complexity index is 665. The molecule has 1 fully saturated rings. The molecular weight excluding hydrogens is 270 g/mol. The van der Waals surface area contributed by atoms with Crippen LogP contribution < -0.4 is 5.32 Å². The van der Waals surface area contributed by atoms with Gasteiger partial charge >= 0.3 is 0 Å². The summed E-state index contributed by atoms with van der Waals surface area (Å²) in [6, 6.07) is 9.35. The fourth-order valence-electron chi connectivity index (χ4n) is 2.06. The van der Waals surface area contributed by atoms with E-state index in [2.05, 4.69) is 16.4 Å². The van der Waals surface area contributed by atoms with Crippen molar-refractivity contribution in [1.82, 2.24) is 4.98 Å². The van der Waals surface area contributed by atoms with Gasteiger partial charge in [0.2, 0.25) is 5.91 Å². The van der Waals surface area contributed by atoms with E-state index in [9.17, 15) is 4.79 Å². The third-order valence-electron chi connectivity index (χ3n) is 3.52. The van der Waals surface area contributed by atoms with Gasteiger partial charge in [-0.15, -0.1) is 11.3 Å². The van der Waals surface area contributed by atoms with Crippen molar-refractivity contribution >= 4 is 22.4 Å². The summed E-state index contributed by atoms with van der Waals surface area (Å²) in [5.74, 6) is 0.245. The molecule has 1 aliphatic carbocycles. The summed E-state index contributed by atoms with van der Waals surface area (Å²) < 4.78 is 0. The van der Waals surface area contributed by atoms with Gasteiger partial charge in [-0.05, 0) is 25.0 Å². The number of carbonyl (C=O) groups excluding carboxylic acids is 1. The first-order valence-corrected chi connectivity index (χ1v) is 7.41. The number of nitriles is 1. The number of amides is 1. The lowest BCUT2D eigenvalue weighted by Gasteiger charge is -2.23. The molecule has 0 atom stereocenters. The second-order valence-electron chi connectivity index (χ2n) is 4.84. The lowest BCUT2D eigenvalue weighted by molar-refractivity contribution is -0.122. The Morgan fingerprint density at radius 1 is 1.35 bits per heavy atom. The standard InChI is InChI=1S/C15H13N3OS/c16-8-10-4-6-11(7-5-10)13-9-20-15(17-13)18-14(19)12-2-1-3-12/h4-7,9,12H,1-3H2,(H,17,18,19). The van der Waals surface area contributed by atoms with E-state index in [1.54, 1.807) is 12.1 Å². The number of carbonyl (C=O) groups is 1. The molecular formula is C15H13N3OS. The number of benzene rings is 1. The second kappa shape index (κ2) is 5.43. The maximum Gasteiger partial charge on any atom is 0.229 e. The van der Waals surface area contributed by atoms with Gasteiger partial charge in [0.05, 0.1) is 17.3 Å². The van der Waals surface area contributed by atoms with Crippen LogP contribution >= 0.6 is 11.3 Å². The van der Waals surface area contributed by atoms with Crippen LogP contribution in [0.15, 0.2) is 29.6 Å². The van der Waals surface area contributed by atoms with Crippen molar-refractivity contribution < 1.29 is 4.79 Å². The van der Waals surface area contributed by atoms with Crippen molar-refractivity contribution in [2.45, 2.75) is 19.3 Å². The van der Waals surface area contributed by atoms with Crippen molar-refractivity contribution in [2.24, 2.45) is 5.92 Å². The van der Waals surface area contributed by atoms with Crippen LogP contribution in [0.3, 0.4) is 0 Å². The van der Waals surface area contributed by atoms with Gasteiger partial charge in [0, 0.05) is 16.9 Å². The molecule has 20 heavy (non-hydrogen) atoms. The molecule has 1 amide bonds. The van der Waals surface area contributed by atoms with Crippen molar-refractivity contribution in [1.29, 1.82) is 5.26 Å². The lowest BCUT2D eigenvalue weighted by atomic mass is 9.85. The van der Waals surface area contributed by atoms with E-state index >= 15 is 0 Å². The molecule has 1 N–H and O–H groups in total. The quantitative estimate of drug-likeness (QED) is 0.938. The number of anilines is 1. The SMILES string of the molecule is N#Cc1ccc(-c2csc(NC(=O)C3CCC3)n2)cc1. The normalized spacial score (nSPS) is 14.3. The van der Waals surface area contributed by atoms with E-state index in [0.29, 0.717) is 10.7 Å². The lowest BCUT2D eigenvalue weighted by Crippen LogP contribution is -2.27. The number of hydrogen-bond donors (Lipinski definition) is 1. The van der Waals surface area contributed by atoms with E-state index in [1.807, 2.05) is 17.5 Å². The van der Waals surface area contributed by atoms with Gasteiger partial charge in [-0.2, -0.15) is 5.26 Å². The minimum absolute atomic E-state index is 0.0805. The Labute approximate surface area is 121 Å². The summed E-state index contributed by atoms with van der Waals surface area (Å²) in [5.41, 5.74) is 2.40. The van der Waals surface area contributed by atoms with Crippen molar-refractivity contribution in [2.75, 3.05) is 5.32 Å². The average molecular weight is 283 g/mol. The molecule has 0 spiro atoms. The van der Waals surface area contributed by atoms with Crippen molar-refractivity contribution in [3.8, 4) is 17.3 Å². The molecule has 1 saturated carbocycles. The summed E-state index contributed by atoms with van der Waals surface area (Å²) in [7, 11) is 0. The first-order chi connectivity index (χ1) is 9.76. The topological polar surface area (TPSA) is 65.8 Å². The van der Waals surface area contributed by atoms with Crippen LogP contribution in [0, 0.1) is 17.2 Å². The summed E-state index contributed by atoms with van der Waals surface area (Å²) in [5, 5.41) is 14.2. The monoisotopic (exact) mass is 283 g/mol. The molecule has 3 rings (SSSR count). The van der Waals surface area contributed by atoms with E-state index in [4.69, 9.17) is 5.26 Å². The maximum atomic E-state index is 11.8. The Balaban J connectivity index is 1.72. The van der Waals surface area contributed by atoms with E-state index < -0.39 is 0 Å². The maximum absolute atomic E-state index is 11.8. The zero-order chi connectivity index (χ0) is 13.9. The number of aromatic nitrogens is 1. The number of nitrogens with zero attached hydrogens (tertiary/aromatic N) is 2. The van der Waals surface area contributed by atoms with Crippen LogP contribution in [0.1, 0.15) is 24.8 Å². The molecule has 1 heterocycles. The first-order valence-electron chi connectivity index (χ1n) is 6.53. The highest BCUT2D eigenvalue weighted by Crippen LogP contribution is 2.29. The third-order valence-corrected chi connectivity index (χ3v) is 4.28. The number of nitrogens with one attached hydrogen (secondary N) is 1. The molecule has 1 aromatic carbocycles. The molecule has 100 valence electrons. The minimum Gasteiger partial charge on any atom is -0.302 e. The molecule has 0 radical (unpaired) electrons. The zero-order valence-corrected chi connectivity index (χ0v) is 11.6. The molecule has 0 saturated heterocycles. The molecule has 1 aliphatic rings. The third kappa shape index (κ3) is 2.56. The molecule has 5 heteroatoms. The van der Waals surface area contributed by atoms with Crippen LogP contribution in [-0.2, 0) is 4.79 Å². The summed E-state index contributed by atoms with van der Waals surface area (Å²) in [6.45, 7) is 0. The van der Waals surface area contributed by atoms with Crippen LogP contribution in [0.4, 0.5) is 5.13 Å². The average Bonchev–Trinajstić information content (AvgIpc) is 2.85. The van der Waals surface area contributed by atoms with E-state index in [-0.39, 0.29) is 11.8 Å². The fraction of sp³-hybridized carbons (Fsp3) is 0.267. The second-order valence-corrected chi connectivity index (χ2v) is 5.70. The summed E-state index contributed by atoms with van der Waals surface area (Å²) in [4.78, 5) is 16.3. The van der Waals surface area contributed by atoms with E-state index in [0.717, 1.165) is 30.5 Å². The van der Waals surface area contributed by atoms with Crippen molar-refractivity contribution in [3.05, 3.63) is 35.2 Å². The molecule has 4 nitrogen and oxygen atoms in total. The molecule has 1 aromatic heterocycles. The van der Waals surface area contributed by atoms with Gasteiger partial charge in [-0.3, -0.25) is 4.79 Å². The van der Waals surface area contributed by atoms with Gasteiger partial charge in [0.15, 0.2) is 5.13 Å². The Hall–Kier alpha value is -2.19. The minimum atomic E-state index is 0.0805. The number of hydrogen-bond acceptors (Lipinski definition) is 4. The molecule has 0 unspecified atom stereocenters. The highest BCUT2D eigenvalue weighted by Gasteiger charge is 2.25. The summed E-state index contributed by atoms with van der Waals surface area (Å²) >= 11 is 1.43. The van der Waals surface area contributed by atoms with Gasteiger partial charge in [0.1, 0.15) is 0 Å². The Morgan fingerprint density at radius 3 is 2.70 bits per heavy atom. The Morgan fingerprint density at radius 2 is 2.10 bits per heavy atom. The molecule has 0 aliphatic heterocycles. The predicted octanol–water partition coefficient (Wildman–Crippen LogP) is 3.42. The van der Waals surface area contributed by atoms with Crippen LogP contribution in [0.5, 0.6) is 0 Å². The largest absolute Gasteiger partial charge is 0.302 e. The highest BCUT2D eigenvalue weighted by atomic mass is 32.1. The van der Waals surface area contributed by atoms with Crippen LogP contribution in [0.2, 0.25) is 0 Å². The first kappa shape index (κ1) is 12.8. The van der Waals surface area contributed by atoms with Crippen molar-refractivity contribution in [3.63, 3.8) is 0 Å². The van der Waals surface area contributed by atoms with E-state index in [1.165, 1.54) is 11.3 Å². The number of rotatable bonds is 3. The molecule has 2 aromatic rings. The smallest absolute Gasteiger partial charge is 0.229 e. The summed E-state index contributed by atoms with van der Waals surface area (Å²) in [6.07, 6.45) is 3.12.